The van der Waals surface area contributed by atoms with Crippen molar-refractivity contribution < 1.29 is 14.3 Å². The lowest BCUT2D eigenvalue weighted by Gasteiger charge is -2.48. The molecule has 3 aromatic carbocycles. The largest absolute Gasteiger partial charge is 0.508 e. The lowest BCUT2D eigenvalue weighted by molar-refractivity contribution is -0.119. The van der Waals surface area contributed by atoms with Crippen LogP contribution < -0.4 is 20.4 Å². The van der Waals surface area contributed by atoms with Crippen LogP contribution in [0.25, 0.3) is 32.8 Å². The normalized spacial score (nSPS) is 23.6. The van der Waals surface area contributed by atoms with Crippen LogP contribution in [-0.4, -0.2) is 64.8 Å². The van der Waals surface area contributed by atoms with Gasteiger partial charge in [-0.3, -0.25) is 4.79 Å². The summed E-state index contributed by atoms with van der Waals surface area (Å²) in [5.41, 5.74) is 1.07. The Labute approximate surface area is 224 Å². The minimum absolute atomic E-state index is 0.0834. The van der Waals surface area contributed by atoms with Gasteiger partial charge in [-0.05, 0) is 53.8 Å². The number of nitrogens with zero attached hydrogens (tertiary/aromatic N) is 4. The van der Waals surface area contributed by atoms with Gasteiger partial charge >= 0.3 is 0 Å². The molecule has 9 heteroatoms. The molecule has 3 N–H and O–H groups in total. The first-order valence-electron chi connectivity index (χ1n) is 13.7. The van der Waals surface area contributed by atoms with E-state index in [1.54, 1.807) is 18.2 Å². The zero-order valence-corrected chi connectivity index (χ0v) is 21.5. The zero-order chi connectivity index (χ0) is 26.3. The third-order valence-corrected chi connectivity index (χ3v) is 8.93. The maximum absolute atomic E-state index is 16.6. The predicted octanol–water partition coefficient (Wildman–Crippen LogP) is 3.70. The highest BCUT2D eigenvalue weighted by atomic mass is 19.1. The van der Waals surface area contributed by atoms with Crippen LogP contribution >= 0.6 is 0 Å². The quantitative estimate of drug-likeness (QED) is 0.376. The standard InChI is InChI=1S/C30H29FN6O2/c31-26-22(24-12-20(38)11-17-3-1-2-4-21(17)24)7-8-23-27(26)33-29(37-15-30(16-37)10-9-25(39)35-30)34-28(23)36-13-18-5-6-19(14-36)32-18/h1-4,7-8,11-12,18-19,32,38H,5-6,9-10,13-16H2,(H,35,39). The Balaban J connectivity index is 1.28. The van der Waals surface area contributed by atoms with Crippen molar-refractivity contribution in [3.8, 4) is 16.9 Å². The Hall–Kier alpha value is -3.98. The molecule has 5 heterocycles. The van der Waals surface area contributed by atoms with Gasteiger partial charge in [-0.1, -0.05) is 30.3 Å². The summed E-state index contributed by atoms with van der Waals surface area (Å²) >= 11 is 0. The number of phenols is 1. The topological polar surface area (TPSA) is 93.6 Å². The molecule has 0 saturated carbocycles. The molecule has 0 aliphatic carbocycles. The number of aromatic nitrogens is 2. The number of carbonyl (C=O) groups excluding carboxylic acids is 1. The van der Waals surface area contributed by atoms with E-state index in [-0.39, 0.29) is 22.7 Å². The van der Waals surface area contributed by atoms with Gasteiger partial charge in [0, 0.05) is 55.6 Å². The summed E-state index contributed by atoms with van der Waals surface area (Å²) in [6.45, 7) is 2.88. The number of amides is 1. The fourth-order valence-corrected chi connectivity index (χ4v) is 7.05. The molecule has 2 bridgehead atoms. The summed E-state index contributed by atoms with van der Waals surface area (Å²) < 4.78 is 16.6. The average Bonchev–Trinajstić information content (AvgIpc) is 3.48. The molecule has 8 rings (SSSR count). The van der Waals surface area contributed by atoms with Gasteiger partial charge in [0.05, 0.1) is 5.54 Å². The first-order chi connectivity index (χ1) is 18.9. The molecular formula is C30H29FN6O2. The number of hydrogen-bond acceptors (Lipinski definition) is 7. The molecule has 2 atom stereocenters. The molecule has 1 aromatic heterocycles. The van der Waals surface area contributed by atoms with Crippen LogP contribution in [-0.2, 0) is 4.79 Å². The third-order valence-electron chi connectivity index (χ3n) is 8.93. The molecule has 0 radical (unpaired) electrons. The fourth-order valence-electron chi connectivity index (χ4n) is 7.05. The molecule has 2 unspecified atom stereocenters. The van der Waals surface area contributed by atoms with E-state index in [2.05, 4.69) is 15.5 Å². The second-order valence-corrected chi connectivity index (χ2v) is 11.6. The predicted molar refractivity (Wildman–Crippen MR) is 149 cm³/mol. The highest BCUT2D eigenvalue weighted by molar-refractivity contribution is 6.01. The molecule has 4 fully saturated rings. The van der Waals surface area contributed by atoms with Crippen molar-refractivity contribution in [2.24, 2.45) is 0 Å². The summed E-state index contributed by atoms with van der Waals surface area (Å²) in [5, 5.41) is 19.6. The Morgan fingerprint density at radius 2 is 1.74 bits per heavy atom. The summed E-state index contributed by atoms with van der Waals surface area (Å²) in [5.74, 6) is 1.01. The van der Waals surface area contributed by atoms with Gasteiger partial charge in [0.25, 0.3) is 0 Å². The van der Waals surface area contributed by atoms with Crippen molar-refractivity contribution in [2.45, 2.75) is 43.3 Å². The molecule has 4 aliphatic rings. The van der Waals surface area contributed by atoms with Crippen molar-refractivity contribution in [1.29, 1.82) is 0 Å². The van der Waals surface area contributed by atoms with Gasteiger partial charge in [0.2, 0.25) is 11.9 Å². The summed E-state index contributed by atoms with van der Waals surface area (Å²) in [6.07, 6.45) is 3.60. The number of hydrogen-bond donors (Lipinski definition) is 3. The van der Waals surface area contributed by atoms with Crippen LogP contribution in [0.5, 0.6) is 5.75 Å². The lowest BCUT2D eigenvalue weighted by atomic mass is 9.89. The van der Waals surface area contributed by atoms with E-state index in [0.717, 1.165) is 48.9 Å². The Morgan fingerprint density at radius 3 is 2.51 bits per heavy atom. The molecule has 8 nitrogen and oxygen atoms in total. The summed E-state index contributed by atoms with van der Waals surface area (Å²) in [4.78, 5) is 26.0. The molecule has 39 heavy (non-hydrogen) atoms. The molecular weight excluding hydrogens is 495 g/mol. The number of fused-ring (bicyclic) bond motifs is 4. The zero-order valence-electron chi connectivity index (χ0n) is 21.5. The number of nitrogens with one attached hydrogen (secondary N) is 2. The van der Waals surface area contributed by atoms with Crippen LogP contribution in [0.15, 0.2) is 48.5 Å². The van der Waals surface area contributed by atoms with Crippen molar-refractivity contribution in [3.05, 3.63) is 54.3 Å². The lowest BCUT2D eigenvalue weighted by Crippen LogP contribution is -2.67. The van der Waals surface area contributed by atoms with Gasteiger partial charge in [-0.15, -0.1) is 0 Å². The van der Waals surface area contributed by atoms with E-state index in [4.69, 9.17) is 9.97 Å². The van der Waals surface area contributed by atoms with Crippen molar-refractivity contribution in [2.75, 3.05) is 36.0 Å². The van der Waals surface area contributed by atoms with E-state index >= 15 is 4.39 Å². The van der Waals surface area contributed by atoms with E-state index in [1.165, 1.54) is 0 Å². The molecule has 4 aliphatic heterocycles. The van der Waals surface area contributed by atoms with E-state index in [9.17, 15) is 9.90 Å². The van der Waals surface area contributed by atoms with E-state index < -0.39 is 5.82 Å². The van der Waals surface area contributed by atoms with Crippen LogP contribution in [0.1, 0.15) is 25.7 Å². The van der Waals surface area contributed by atoms with Crippen LogP contribution in [0.4, 0.5) is 16.2 Å². The number of rotatable bonds is 3. The van der Waals surface area contributed by atoms with Crippen molar-refractivity contribution >= 4 is 39.3 Å². The maximum atomic E-state index is 16.6. The minimum Gasteiger partial charge on any atom is -0.508 e. The second kappa shape index (κ2) is 8.26. The SMILES string of the molecule is O=C1CCC2(CN(c3nc(N4CC5CCC(C4)N5)c4ccc(-c5cc(O)cc6ccccc56)c(F)c4n3)C2)N1. The number of phenolic OH excluding ortho intramolecular Hbond substituents is 1. The Morgan fingerprint density at radius 1 is 0.949 bits per heavy atom. The van der Waals surface area contributed by atoms with Crippen molar-refractivity contribution in [3.63, 3.8) is 0 Å². The Bertz CT molecular complexity index is 1660. The van der Waals surface area contributed by atoms with Crippen LogP contribution in [0, 0.1) is 5.82 Å². The highest BCUT2D eigenvalue weighted by Crippen LogP contribution is 2.40. The highest BCUT2D eigenvalue weighted by Gasteiger charge is 2.49. The average molecular weight is 525 g/mol. The number of piperazine rings is 1. The molecule has 1 spiro atoms. The molecule has 1 amide bonds. The first-order valence-corrected chi connectivity index (χ1v) is 13.7. The van der Waals surface area contributed by atoms with E-state index in [0.29, 0.717) is 54.1 Å². The third kappa shape index (κ3) is 3.63. The van der Waals surface area contributed by atoms with Crippen molar-refractivity contribution in [1.82, 2.24) is 20.6 Å². The maximum Gasteiger partial charge on any atom is 0.228 e. The molecule has 198 valence electrons. The first kappa shape index (κ1) is 23.0. The smallest absolute Gasteiger partial charge is 0.228 e. The van der Waals surface area contributed by atoms with Gasteiger partial charge in [0.15, 0.2) is 5.82 Å². The monoisotopic (exact) mass is 524 g/mol. The second-order valence-electron chi connectivity index (χ2n) is 11.6. The number of carbonyl (C=O) groups is 1. The number of aromatic hydroxyl groups is 1. The number of anilines is 2. The summed E-state index contributed by atoms with van der Waals surface area (Å²) in [6, 6.07) is 15.5. The fraction of sp³-hybridized carbons (Fsp3) is 0.367. The Kier molecular flexibility index (Phi) is 4.86. The van der Waals surface area contributed by atoms with Crippen LogP contribution in [0.3, 0.4) is 0 Å². The van der Waals surface area contributed by atoms with Gasteiger partial charge in [-0.25, -0.2) is 9.37 Å². The van der Waals surface area contributed by atoms with E-state index in [1.807, 2.05) is 35.2 Å². The summed E-state index contributed by atoms with van der Waals surface area (Å²) in [7, 11) is 0. The van der Waals surface area contributed by atoms with Gasteiger partial charge in [0.1, 0.15) is 17.1 Å². The van der Waals surface area contributed by atoms with Crippen LogP contribution in [0.2, 0.25) is 0 Å². The molecule has 4 aromatic rings. The van der Waals surface area contributed by atoms with Gasteiger partial charge < -0.3 is 25.5 Å². The molecule has 4 saturated heterocycles. The minimum atomic E-state index is -0.421. The van der Waals surface area contributed by atoms with Gasteiger partial charge in [-0.2, -0.15) is 4.98 Å². The number of benzene rings is 3. The number of halogens is 1.